The van der Waals surface area contributed by atoms with Gasteiger partial charge < -0.3 is 0 Å². The van der Waals surface area contributed by atoms with Crippen molar-refractivity contribution < 1.29 is 13.6 Å². The van der Waals surface area contributed by atoms with Crippen molar-refractivity contribution in [2.24, 2.45) is 0 Å². The van der Waals surface area contributed by atoms with Crippen molar-refractivity contribution >= 4 is 21.7 Å². The molecule has 0 aliphatic carbocycles. The van der Waals surface area contributed by atoms with Gasteiger partial charge in [-0.05, 0) is 17.7 Å². The Morgan fingerprint density at radius 1 is 1.36 bits per heavy atom. The van der Waals surface area contributed by atoms with Crippen LogP contribution in [0.25, 0.3) is 0 Å². The van der Waals surface area contributed by atoms with Gasteiger partial charge in [-0.1, -0.05) is 28.1 Å². The average molecular weight is 263 g/mol. The molecule has 0 bridgehead atoms. The first-order valence-electron chi connectivity index (χ1n) is 4.05. The van der Waals surface area contributed by atoms with Gasteiger partial charge in [0.1, 0.15) is 0 Å². The lowest BCUT2D eigenvalue weighted by atomic mass is 10.1. The smallest absolute Gasteiger partial charge is 0.293 e. The number of alkyl halides is 2. The van der Waals surface area contributed by atoms with Gasteiger partial charge in [0.2, 0.25) is 0 Å². The van der Waals surface area contributed by atoms with E-state index in [1.807, 2.05) is 0 Å². The zero-order chi connectivity index (χ0) is 10.8. The topological polar surface area (TPSA) is 17.1 Å². The van der Waals surface area contributed by atoms with Crippen molar-refractivity contribution in [1.29, 1.82) is 0 Å². The van der Waals surface area contributed by atoms with E-state index >= 15 is 0 Å². The monoisotopic (exact) mass is 262 g/mol. The number of benzene rings is 1. The summed E-state index contributed by atoms with van der Waals surface area (Å²) >= 11 is 3.20. The Morgan fingerprint density at radius 2 is 1.86 bits per heavy atom. The molecule has 0 fully saturated rings. The summed E-state index contributed by atoms with van der Waals surface area (Å²) in [7, 11) is 0. The van der Waals surface area contributed by atoms with Crippen LogP contribution in [0.3, 0.4) is 0 Å². The normalized spacial score (nSPS) is 11.4. The third-order valence-electron chi connectivity index (χ3n) is 1.85. The van der Waals surface area contributed by atoms with E-state index < -0.39 is 18.1 Å². The van der Waals surface area contributed by atoms with Gasteiger partial charge in [-0.3, -0.25) is 4.79 Å². The van der Waals surface area contributed by atoms with Gasteiger partial charge in [-0.15, -0.1) is 0 Å². The third kappa shape index (κ3) is 2.87. The van der Waals surface area contributed by atoms with Crippen LogP contribution in [0, 0.1) is 0 Å². The molecule has 14 heavy (non-hydrogen) atoms. The van der Waals surface area contributed by atoms with Crippen molar-refractivity contribution in [3.05, 3.63) is 34.3 Å². The first-order chi connectivity index (χ1) is 6.42. The molecule has 0 aliphatic rings. The van der Waals surface area contributed by atoms with Crippen LogP contribution in [0.1, 0.15) is 12.5 Å². The van der Waals surface area contributed by atoms with E-state index in [4.69, 9.17) is 0 Å². The number of ketones is 1. The molecule has 0 atom stereocenters. The van der Waals surface area contributed by atoms with Crippen LogP contribution < -0.4 is 0 Å². The van der Waals surface area contributed by atoms with Gasteiger partial charge >= 0.3 is 5.92 Å². The van der Waals surface area contributed by atoms with E-state index in [1.54, 1.807) is 24.3 Å². The first-order valence-corrected chi connectivity index (χ1v) is 4.84. The second-order valence-corrected chi connectivity index (χ2v) is 3.98. The van der Waals surface area contributed by atoms with E-state index in [-0.39, 0.29) is 0 Å². The van der Waals surface area contributed by atoms with Crippen LogP contribution in [-0.4, -0.2) is 11.7 Å². The molecule has 0 heterocycles. The maximum absolute atomic E-state index is 13.0. The molecule has 1 nitrogen and oxygen atoms in total. The predicted molar refractivity (Wildman–Crippen MR) is 53.5 cm³/mol. The first kappa shape index (κ1) is 11.3. The molecule has 1 aromatic carbocycles. The quantitative estimate of drug-likeness (QED) is 0.818. The number of carbonyl (C=O) groups is 1. The lowest BCUT2D eigenvalue weighted by Crippen LogP contribution is -2.28. The number of Topliss-reactive ketones (excluding diaryl/α,β-unsaturated/α-hetero) is 1. The molecule has 1 rings (SSSR count). The fourth-order valence-corrected chi connectivity index (χ4v) is 1.25. The largest absolute Gasteiger partial charge is 0.308 e. The summed E-state index contributed by atoms with van der Waals surface area (Å²) in [6.45, 7) is 0.902. The second-order valence-electron chi connectivity index (χ2n) is 3.06. The number of carbonyl (C=O) groups excluding carboxylic acids is 1. The van der Waals surface area contributed by atoms with Crippen molar-refractivity contribution in [2.75, 3.05) is 0 Å². The van der Waals surface area contributed by atoms with Crippen molar-refractivity contribution in [1.82, 2.24) is 0 Å². The highest BCUT2D eigenvalue weighted by molar-refractivity contribution is 9.10. The molecule has 0 saturated carbocycles. The fraction of sp³-hybridized carbons (Fsp3) is 0.300. The predicted octanol–water partition coefficient (Wildman–Crippen LogP) is 3.22. The lowest BCUT2D eigenvalue weighted by molar-refractivity contribution is -0.140. The van der Waals surface area contributed by atoms with E-state index in [0.717, 1.165) is 11.4 Å². The van der Waals surface area contributed by atoms with Crippen LogP contribution in [0.4, 0.5) is 8.78 Å². The van der Waals surface area contributed by atoms with E-state index in [0.29, 0.717) is 5.56 Å². The van der Waals surface area contributed by atoms with Gasteiger partial charge in [0.25, 0.3) is 0 Å². The zero-order valence-electron chi connectivity index (χ0n) is 7.56. The van der Waals surface area contributed by atoms with Crippen LogP contribution in [0.15, 0.2) is 28.7 Å². The number of rotatable bonds is 3. The molecule has 1 aromatic rings. The summed E-state index contributed by atoms with van der Waals surface area (Å²) in [5.41, 5.74) is 0.452. The minimum atomic E-state index is -3.26. The van der Waals surface area contributed by atoms with Gasteiger partial charge in [0.15, 0.2) is 5.78 Å². The third-order valence-corrected chi connectivity index (χ3v) is 2.38. The minimum absolute atomic E-state index is 0.452. The highest BCUT2D eigenvalue weighted by Crippen LogP contribution is 2.22. The zero-order valence-corrected chi connectivity index (χ0v) is 9.14. The van der Waals surface area contributed by atoms with E-state index in [9.17, 15) is 13.6 Å². The van der Waals surface area contributed by atoms with Crippen molar-refractivity contribution in [2.45, 2.75) is 19.3 Å². The Balaban J connectivity index is 2.79. The SMILES string of the molecule is CC(=O)C(F)(F)Cc1ccc(Br)cc1. The lowest BCUT2D eigenvalue weighted by Gasteiger charge is -2.12. The van der Waals surface area contributed by atoms with Gasteiger partial charge in [0.05, 0.1) is 0 Å². The molecule has 0 amide bonds. The molecular formula is C10H9BrF2O. The van der Waals surface area contributed by atoms with Crippen molar-refractivity contribution in [3.63, 3.8) is 0 Å². The summed E-state index contributed by atoms with van der Waals surface area (Å²) in [4.78, 5) is 10.6. The Morgan fingerprint density at radius 3 is 2.29 bits per heavy atom. The van der Waals surface area contributed by atoms with Crippen LogP contribution >= 0.6 is 15.9 Å². The molecule has 76 valence electrons. The second kappa shape index (κ2) is 4.17. The molecule has 0 spiro atoms. The van der Waals surface area contributed by atoms with Crippen molar-refractivity contribution in [3.8, 4) is 0 Å². The molecule has 0 N–H and O–H groups in total. The summed E-state index contributed by atoms with van der Waals surface area (Å²) in [6, 6.07) is 6.49. The maximum Gasteiger partial charge on any atom is 0.308 e. The molecule has 4 heteroatoms. The molecule has 0 aliphatic heterocycles. The molecule has 0 unspecified atom stereocenters. The average Bonchev–Trinajstić information content (AvgIpc) is 2.08. The Labute approximate surface area is 89.3 Å². The number of halogens is 3. The Kier molecular flexibility index (Phi) is 3.37. The molecule has 0 aromatic heterocycles. The van der Waals surface area contributed by atoms with Crippen LogP contribution in [-0.2, 0) is 11.2 Å². The Bertz CT molecular complexity index is 332. The van der Waals surface area contributed by atoms with E-state index in [1.165, 1.54) is 0 Å². The fourth-order valence-electron chi connectivity index (χ4n) is 0.983. The molecule has 0 radical (unpaired) electrons. The van der Waals surface area contributed by atoms with Gasteiger partial charge in [-0.2, -0.15) is 8.78 Å². The molecular weight excluding hydrogens is 254 g/mol. The highest BCUT2D eigenvalue weighted by Gasteiger charge is 2.34. The highest BCUT2D eigenvalue weighted by atomic mass is 79.9. The number of hydrogen-bond donors (Lipinski definition) is 0. The summed E-state index contributed by atoms with van der Waals surface area (Å²) in [6.07, 6.45) is -0.532. The minimum Gasteiger partial charge on any atom is -0.293 e. The standard InChI is InChI=1S/C10H9BrF2O/c1-7(14)10(12,13)6-8-2-4-9(11)5-3-8/h2-5H,6H2,1H3. The van der Waals surface area contributed by atoms with Crippen LogP contribution in [0.2, 0.25) is 0 Å². The van der Waals surface area contributed by atoms with Crippen LogP contribution in [0.5, 0.6) is 0 Å². The summed E-state index contributed by atoms with van der Waals surface area (Å²) in [5.74, 6) is -4.35. The maximum atomic E-state index is 13.0. The molecule has 0 saturated heterocycles. The summed E-state index contributed by atoms with van der Waals surface area (Å²) in [5, 5.41) is 0. The van der Waals surface area contributed by atoms with Gasteiger partial charge in [-0.25, -0.2) is 0 Å². The summed E-state index contributed by atoms with van der Waals surface area (Å²) < 4.78 is 26.8. The number of hydrogen-bond acceptors (Lipinski definition) is 1. The van der Waals surface area contributed by atoms with Gasteiger partial charge in [0, 0.05) is 17.8 Å². The van der Waals surface area contributed by atoms with E-state index in [2.05, 4.69) is 15.9 Å². The Hall–Kier alpha value is -0.770.